The van der Waals surface area contributed by atoms with Crippen molar-refractivity contribution < 1.29 is 9.59 Å². The predicted molar refractivity (Wildman–Crippen MR) is 166 cm³/mol. The van der Waals surface area contributed by atoms with Crippen LogP contribution >= 0.6 is 24.8 Å². The molecule has 3 aliphatic rings. The van der Waals surface area contributed by atoms with Gasteiger partial charge in [0.2, 0.25) is 0 Å². The van der Waals surface area contributed by atoms with E-state index in [1.165, 1.54) is 87.0 Å². The van der Waals surface area contributed by atoms with Crippen LogP contribution in [0, 0.1) is 0 Å². The van der Waals surface area contributed by atoms with Gasteiger partial charge in [-0.2, -0.15) is 0 Å². The normalized spacial score (nSPS) is 17.0. The van der Waals surface area contributed by atoms with Crippen molar-refractivity contribution in [2.45, 2.75) is 83.5 Å². The van der Waals surface area contributed by atoms with E-state index in [9.17, 15) is 9.59 Å². The maximum absolute atomic E-state index is 12.9. The van der Waals surface area contributed by atoms with Crippen molar-refractivity contribution in [1.82, 2.24) is 9.80 Å². The van der Waals surface area contributed by atoms with Gasteiger partial charge in [-0.15, -0.1) is 24.8 Å². The fraction of sp³-hybridized carbons (Fsp3) is 0.576. The van der Waals surface area contributed by atoms with Gasteiger partial charge in [-0.1, -0.05) is 37.1 Å². The highest BCUT2D eigenvalue weighted by atomic mass is 35.5. The Hall–Kier alpha value is -1.72. The molecular weight excluding hydrogens is 527 g/mol. The quantitative estimate of drug-likeness (QED) is 0.164. The van der Waals surface area contributed by atoms with Crippen LogP contribution in [0.5, 0.6) is 0 Å². The molecule has 0 bridgehead atoms. The van der Waals surface area contributed by atoms with Gasteiger partial charge in [0.1, 0.15) is 0 Å². The van der Waals surface area contributed by atoms with E-state index < -0.39 is 0 Å². The summed E-state index contributed by atoms with van der Waals surface area (Å²) >= 11 is 0. The first-order chi connectivity index (χ1) is 18.2. The van der Waals surface area contributed by atoms with Gasteiger partial charge < -0.3 is 9.80 Å². The molecule has 2 aromatic carbocycles. The van der Waals surface area contributed by atoms with Crippen LogP contribution in [0.3, 0.4) is 0 Å². The zero-order chi connectivity index (χ0) is 25.5. The van der Waals surface area contributed by atoms with E-state index in [2.05, 4.69) is 34.1 Å². The molecule has 0 atom stereocenters. The number of Topliss-reactive ketones (excluding diaryl/α,β-unsaturated/α-hetero) is 2. The molecule has 4 nitrogen and oxygen atoms in total. The molecule has 0 unspecified atom stereocenters. The summed E-state index contributed by atoms with van der Waals surface area (Å²) in [5, 5.41) is 0. The first kappa shape index (κ1) is 31.8. The summed E-state index contributed by atoms with van der Waals surface area (Å²) in [6, 6.07) is 12.4. The van der Waals surface area contributed by atoms with Crippen molar-refractivity contribution in [3.05, 3.63) is 58.7 Å². The molecule has 39 heavy (non-hydrogen) atoms. The fourth-order valence-electron chi connectivity index (χ4n) is 6.45. The lowest BCUT2D eigenvalue weighted by atomic mass is 9.98. The van der Waals surface area contributed by atoms with Gasteiger partial charge in [0.25, 0.3) is 0 Å². The summed E-state index contributed by atoms with van der Waals surface area (Å²) in [5.74, 6) is 0.524. The Balaban J connectivity index is 0.00000210. The number of nitrogens with zero attached hydrogens (tertiary/aromatic N) is 2. The highest BCUT2D eigenvalue weighted by Gasteiger charge is 2.21. The van der Waals surface area contributed by atoms with E-state index in [0.29, 0.717) is 12.8 Å². The van der Waals surface area contributed by atoms with Gasteiger partial charge in [-0.3, -0.25) is 9.59 Å². The van der Waals surface area contributed by atoms with E-state index >= 15 is 0 Å². The Kier molecular flexibility index (Phi) is 13.0. The predicted octanol–water partition coefficient (Wildman–Crippen LogP) is 7.78. The third kappa shape index (κ3) is 8.63. The molecule has 0 aromatic heterocycles. The molecule has 1 aliphatic carbocycles. The molecule has 0 saturated carbocycles. The van der Waals surface area contributed by atoms with Gasteiger partial charge in [0, 0.05) is 24.0 Å². The molecule has 6 heteroatoms. The molecule has 0 N–H and O–H groups in total. The van der Waals surface area contributed by atoms with Gasteiger partial charge in [-0.25, -0.2) is 0 Å². The molecule has 2 fully saturated rings. The minimum Gasteiger partial charge on any atom is -0.303 e. The number of unbranched alkanes of at least 4 members (excludes halogenated alkanes) is 2. The number of carbonyl (C=O) groups excluding carboxylic acids is 2. The van der Waals surface area contributed by atoms with E-state index in [-0.39, 0.29) is 36.4 Å². The van der Waals surface area contributed by atoms with E-state index in [1.807, 2.05) is 12.1 Å². The number of fused-ring (bicyclic) bond motifs is 3. The molecule has 0 radical (unpaired) electrons. The summed E-state index contributed by atoms with van der Waals surface area (Å²) in [5.41, 5.74) is 6.57. The van der Waals surface area contributed by atoms with Crippen LogP contribution in [-0.2, 0) is 6.42 Å². The minimum absolute atomic E-state index is 0. The Labute approximate surface area is 247 Å². The lowest BCUT2D eigenvalue weighted by molar-refractivity contribution is 0.0969. The van der Waals surface area contributed by atoms with Crippen LogP contribution in [-0.4, -0.2) is 60.6 Å². The lowest BCUT2D eigenvalue weighted by Crippen LogP contribution is -2.30. The highest BCUT2D eigenvalue weighted by Crippen LogP contribution is 2.38. The zero-order valence-corrected chi connectivity index (χ0v) is 25.1. The summed E-state index contributed by atoms with van der Waals surface area (Å²) in [6.07, 6.45) is 14.3. The topological polar surface area (TPSA) is 40.6 Å². The first-order valence-corrected chi connectivity index (χ1v) is 14.9. The lowest BCUT2D eigenvalue weighted by Gasteiger charge is -2.26. The van der Waals surface area contributed by atoms with Gasteiger partial charge in [0.05, 0.1) is 0 Å². The van der Waals surface area contributed by atoms with Gasteiger partial charge in [-0.05, 0) is 131 Å². The number of halogens is 2. The van der Waals surface area contributed by atoms with Crippen LogP contribution in [0.25, 0.3) is 11.1 Å². The second-order valence-electron chi connectivity index (χ2n) is 11.5. The van der Waals surface area contributed by atoms with Crippen molar-refractivity contribution in [3.8, 4) is 11.1 Å². The first-order valence-electron chi connectivity index (χ1n) is 14.9. The Bertz CT molecular complexity index is 1010. The van der Waals surface area contributed by atoms with Gasteiger partial charge >= 0.3 is 0 Å². The molecule has 2 heterocycles. The largest absolute Gasteiger partial charge is 0.303 e. The Morgan fingerprint density at radius 3 is 1.38 bits per heavy atom. The number of likely N-dealkylation sites (tertiary alicyclic amines) is 2. The number of hydrogen-bond acceptors (Lipinski definition) is 4. The second-order valence-corrected chi connectivity index (χ2v) is 11.5. The standard InChI is InChI=1S/C33H44N2O2.2ClH/c36-32(11-3-9-21-34-17-5-1-6-18-34)26-13-15-30-28(23-26)25-29-24-27(14-16-31(29)30)33(37)12-4-10-22-35-19-7-2-8-20-35;;/h13-16,23-24H,1-12,17-22,25H2;2*1H. The maximum atomic E-state index is 12.9. The Morgan fingerprint density at radius 1 is 0.564 bits per heavy atom. The smallest absolute Gasteiger partial charge is 0.162 e. The van der Waals surface area contributed by atoms with Crippen LogP contribution in [0.2, 0.25) is 0 Å². The van der Waals surface area contributed by atoms with Crippen molar-refractivity contribution >= 4 is 36.4 Å². The molecule has 2 aromatic rings. The molecule has 0 amide bonds. The average Bonchev–Trinajstić information content (AvgIpc) is 3.31. The summed E-state index contributed by atoms with van der Waals surface area (Å²) < 4.78 is 0. The number of piperidine rings is 2. The van der Waals surface area contributed by atoms with E-state index in [1.54, 1.807) is 0 Å². The minimum atomic E-state index is 0. The number of rotatable bonds is 12. The second kappa shape index (κ2) is 15.9. The van der Waals surface area contributed by atoms with Crippen molar-refractivity contribution in [3.63, 3.8) is 0 Å². The molecule has 2 saturated heterocycles. The maximum Gasteiger partial charge on any atom is 0.162 e. The molecule has 0 spiro atoms. The van der Waals surface area contributed by atoms with Crippen LogP contribution in [0.4, 0.5) is 0 Å². The zero-order valence-electron chi connectivity index (χ0n) is 23.4. The van der Waals surface area contributed by atoms with E-state index in [0.717, 1.165) is 56.3 Å². The molecular formula is C33H46Cl2N2O2. The van der Waals surface area contributed by atoms with Crippen molar-refractivity contribution in [2.75, 3.05) is 39.3 Å². The highest BCUT2D eigenvalue weighted by molar-refractivity contribution is 5.99. The van der Waals surface area contributed by atoms with Crippen molar-refractivity contribution in [2.24, 2.45) is 0 Å². The Morgan fingerprint density at radius 2 is 0.974 bits per heavy atom. The fourth-order valence-corrected chi connectivity index (χ4v) is 6.45. The third-order valence-corrected chi connectivity index (χ3v) is 8.68. The molecule has 214 valence electrons. The van der Waals surface area contributed by atoms with Crippen molar-refractivity contribution in [1.29, 1.82) is 0 Å². The number of hydrogen-bond donors (Lipinski definition) is 0. The summed E-state index contributed by atoms with van der Waals surface area (Å²) in [4.78, 5) is 30.9. The molecule has 2 aliphatic heterocycles. The SMILES string of the molecule is Cl.Cl.O=C(CCCCN1CCCCC1)c1ccc2c(c1)Cc1cc(C(=O)CCCCN3CCCCC3)ccc1-2. The number of ketones is 2. The average molecular weight is 574 g/mol. The number of carbonyl (C=O) groups is 2. The number of benzene rings is 2. The molecule has 5 rings (SSSR count). The van der Waals surface area contributed by atoms with Crippen LogP contribution in [0.15, 0.2) is 36.4 Å². The summed E-state index contributed by atoms with van der Waals surface area (Å²) in [6.45, 7) is 7.17. The van der Waals surface area contributed by atoms with E-state index in [4.69, 9.17) is 0 Å². The third-order valence-electron chi connectivity index (χ3n) is 8.68. The van der Waals surface area contributed by atoms with Crippen LogP contribution < -0.4 is 0 Å². The summed E-state index contributed by atoms with van der Waals surface area (Å²) in [7, 11) is 0. The van der Waals surface area contributed by atoms with Gasteiger partial charge in [0.15, 0.2) is 11.6 Å². The monoisotopic (exact) mass is 572 g/mol. The van der Waals surface area contributed by atoms with Crippen LogP contribution in [0.1, 0.15) is 109 Å².